The van der Waals surface area contributed by atoms with Crippen LogP contribution in [-0.2, 0) is 17.1 Å². The van der Waals surface area contributed by atoms with Crippen LogP contribution in [0, 0.1) is 6.92 Å². The molecule has 0 spiro atoms. The van der Waals surface area contributed by atoms with Crippen LogP contribution < -0.4 is 5.73 Å². The number of pyridine rings is 1. The lowest BCUT2D eigenvalue weighted by atomic mass is 10.3. The molecule has 0 aliphatic heterocycles. The van der Waals surface area contributed by atoms with E-state index in [1.165, 1.54) is 11.8 Å². The number of hydrogen-bond acceptors (Lipinski definition) is 6. The summed E-state index contributed by atoms with van der Waals surface area (Å²) in [5, 5.41) is 9.18. The molecule has 0 bridgehead atoms. The van der Waals surface area contributed by atoms with Crippen molar-refractivity contribution >= 4 is 23.3 Å². The number of fused-ring (bicyclic) bond motifs is 1. The van der Waals surface area contributed by atoms with Gasteiger partial charge in [-0.3, -0.25) is 9.36 Å². The number of nitrogens with zero attached hydrogens (tertiary/aromatic N) is 5. The van der Waals surface area contributed by atoms with Crippen LogP contribution in [0.4, 0.5) is 0 Å². The molecule has 0 saturated heterocycles. The quantitative estimate of drug-likeness (QED) is 0.493. The molecule has 0 aromatic carbocycles. The number of aromatic nitrogens is 5. The maximum Gasteiger partial charge on any atom is 0.219 e. The third-order valence-corrected chi connectivity index (χ3v) is 5.12. The van der Waals surface area contributed by atoms with Crippen LogP contribution in [0.15, 0.2) is 52.5 Å². The third-order valence-electron chi connectivity index (χ3n) is 4.12. The molecule has 4 aromatic heterocycles. The summed E-state index contributed by atoms with van der Waals surface area (Å²) in [5.74, 6) is 1.44. The van der Waals surface area contributed by atoms with Crippen molar-refractivity contribution in [1.82, 2.24) is 24.1 Å². The molecule has 0 aliphatic carbocycles. The number of amides is 1. The second-order valence-corrected chi connectivity index (χ2v) is 7.04. The number of carbonyl (C=O) groups excluding carboxylic acids is 1. The molecular formula is C18H18N6O2S. The van der Waals surface area contributed by atoms with Crippen molar-refractivity contribution in [1.29, 1.82) is 0 Å². The molecular weight excluding hydrogens is 364 g/mol. The minimum absolute atomic E-state index is 0.201. The second-order valence-electron chi connectivity index (χ2n) is 6.09. The van der Waals surface area contributed by atoms with Gasteiger partial charge in [-0.2, -0.15) is 0 Å². The first-order valence-electron chi connectivity index (χ1n) is 8.43. The lowest BCUT2D eigenvalue weighted by molar-refractivity contribution is -0.118. The number of aryl methyl sites for hydroxylation is 1. The van der Waals surface area contributed by atoms with Crippen molar-refractivity contribution in [3.63, 3.8) is 0 Å². The molecule has 0 radical (unpaired) electrons. The van der Waals surface area contributed by atoms with Gasteiger partial charge in [0.1, 0.15) is 5.65 Å². The Balaban J connectivity index is 1.58. The Hall–Kier alpha value is -3.07. The van der Waals surface area contributed by atoms with Crippen molar-refractivity contribution in [2.45, 2.75) is 30.8 Å². The maximum absolute atomic E-state index is 11.2. The van der Waals surface area contributed by atoms with Crippen molar-refractivity contribution in [2.75, 3.05) is 0 Å². The third kappa shape index (κ3) is 3.59. The Kier molecular flexibility index (Phi) is 4.68. The molecule has 2 N–H and O–H groups in total. The van der Waals surface area contributed by atoms with Gasteiger partial charge in [-0.05, 0) is 30.7 Å². The van der Waals surface area contributed by atoms with E-state index in [-0.39, 0.29) is 12.3 Å². The van der Waals surface area contributed by atoms with Gasteiger partial charge in [-0.15, -0.1) is 10.2 Å². The summed E-state index contributed by atoms with van der Waals surface area (Å²) < 4.78 is 9.30. The molecule has 1 amide bonds. The van der Waals surface area contributed by atoms with E-state index in [4.69, 9.17) is 10.2 Å². The fourth-order valence-corrected chi connectivity index (χ4v) is 3.67. The molecule has 0 atom stereocenters. The summed E-state index contributed by atoms with van der Waals surface area (Å²) in [6.45, 7) is 2.43. The predicted molar refractivity (Wildman–Crippen MR) is 101 cm³/mol. The summed E-state index contributed by atoms with van der Waals surface area (Å²) in [6.07, 6.45) is 5.77. The molecule has 4 aromatic rings. The zero-order valence-corrected chi connectivity index (χ0v) is 15.5. The average Bonchev–Trinajstić information content (AvgIpc) is 3.37. The maximum atomic E-state index is 11.2. The highest BCUT2D eigenvalue weighted by molar-refractivity contribution is 7.98. The molecule has 9 heteroatoms. The molecule has 0 fully saturated rings. The van der Waals surface area contributed by atoms with E-state index in [9.17, 15) is 4.79 Å². The summed E-state index contributed by atoms with van der Waals surface area (Å²) >= 11 is 1.51. The smallest absolute Gasteiger partial charge is 0.219 e. The topological polar surface area (TPSA) is 104 Å². The minimum atomic E-state index is -0.374. The van der Waals surface area contributed by atoms with Crippen LogP contribution in [0.3, 0.4) is 0 Å². The van der Waals surface area contributed by atoms with E-state index < -0.39 is 0 Å². The van der Waals surface area contributed by atoms with Gasteiger partial charge in [0.15, 0.2) is 16.7 Å². The second kappa shape index (κ2) is 7.28. The van der Waals surface area contributed by atoms with Crippen LogP contribution in [-0.4, -0.2) is 30.1 Å². The predicted octanol–water partition coefficient (Wildman–Crippen LogP) is 2.66. The van der Waals surface area contributed by atoms with Crippen molar-refractivity contribution in [2.24, 2.45) is 5.73 Å². The minimum Gasteiger partial charge on any atom is -0.461 e. The summed E-state index contributed by atoms with van der Waals surface area (Å²) in [7, 11) is 0. The molecule has 4 rings (SSSR count). The van der Waals surface area contributed by atoms with Gasteiger partial charge in [0.25, 0.3) is 0 Å². The lowest BCUT2D eigenvalue weighted by Crippen LogP contribution is -2.15. The van der Waals surface area contributed by atoms with Crippen molar-refractivity contribution < 1.29 is 9.21 Å². The lowest BCUT2D eigenvalue weighted by Gasteiger charge is -2.07. The first-order valence-corrected chi connectivity index (χ1v) is 9.42. The Labute approximate surface area is 159 Å². The van der Waals surface area contributed by atoms with E-state index in [1.54, 1.807) is 12.3 Å². The zero-order chi connectivity index (χ0) is 18.8. The van der Waals surface area contributed by atoms with Crippen LogP contribution in [0.25, 0.3) is 17.2 Å². The van der Waals surface area contributed by atoms with Crippen LogP contribution in [0.1, 0.15) is 17.7 Å². The van der Waals surface area contributed by atoms with Crippen LogP contribution >= 0.6 is 11.8 Å². The SMILES string of the molecule is Cc1cccn2cc(CSc3nnc(-c4ccco4)n3CCC(N)=O)nc12. The first kappa shape index (κ1) is 17.3. The van der Waals surface area contributed by atoms with E-state index in [0.29, 0.717) is 29.0 Å². The molecule has 138 valence electrons. The monoisotopic (exact) mass is 382 g/mol. The van der Waals surface area contributed by atoms with Crippen molar-refractivity contribution in [3.8, 4) is 11.6 Å². The summed E-state index contributed by atoms with van der Waals surface area (Å²) in [5.41, 5.74) is 8.32. The van der Waals surface area contributed by atoms with E-state index in [0.717, 1.165) is 16.9 Å². The van der Waals surface area contributed by atoms with Gasteiger partial charge < -0.3 is 14.6 Å². The van der Waals surface area contributed by atoms with Crippen LogP contribution in [0.5, 0.6) is 0 Å². The Morgan fingerprint density at radius 2 is 2.19 bits per heavy atom. The van der Waals surface area contributed by atoms with Gasteiger partial charge in [-0.1, -0.05) is 17.8 Å². The highest BCUT2D eigenvalue weighted by Gasteiger charge is 2.17. The van der Waals surface area contributed by atoms with Gasteiger partial charge in [0.2, 0.25) is 5.91 Å². The van der Waals surface area contributed by atoms with Gasteiger partial charge >= 0.3 is 0 Å². The number of hydrogen-bond donors (Lipinski definition) is 1. The highest BCUT2D eigenvalue weighted by Crippen LogP contribution is 2.27. The number of nitrogens with two attached hydrogens (primary N) is 1. The molecule has 0 unspecified atom stereocenters. The summed E-state index contributed by atoms with van der Waals surface area (Å²) in [6, 6.07) is 7.63. The average molecular weight is 382 g/mol. The largest absolute Gasteiger partial charge is 0.461 e. The van der Waals surface area contributed by atoms with Gasteiger partial charge in [-0.25, -0.2) is 4.98 Å². The molecule has 0 aliphatic rings. The Morgan fingerprint density at radius 3 is 2.93 bits per heavy atom. The summed E-state index contributed by atoms with van der Waals surface area (Å²) in [4.78, 5) is 15.9. The molecule has 27 heavy (non-hydrogen) atoms. The first-order chi connectivity index (χ1) is 13.1. The fourth-order valence-electron chi connectivity index (χ4n) is 2.82. The zero-order valence-electron chi connectivity index (χ0n) is 14.7. The Morgan fingerprint density at radius 1 is 1.30 bits per heavy atom. The number of thioether (sulfide) groups is 1. The highest BCUT2D eigenvalue weighted by atomic mass is 32.2. The normalized spacial score (nSPS) is 11.3. The number of rotatable bonds is 7. The Bertz CT molecular complexity index is 1080. The molecule has 8 nitrogen and oxygen atoms in total. The number of furan rings is 1. The van der Waals surface area contributed by atoms with E-state index in [2.05, 4.69) is 15.2 Å². The van der Waals surface area contributed by atoms with Crippen LogP contribution in [0.2, 0.25) is 0 Å². The van der Waals surface area contributed by atoms with E-state index in [1.807, 2.05) is 46.5 Å². The standard InChI is InChI=1S/C18H18N6O2S/c1-12-4-2-7-23-10-13(20-16(12)23)11-27-18-22-21-17(14-5-3-9-26-14)24(18)8-6-15(19)25/h2-5,7,9-10H,6,8,11H2,1H3,(H2,19,25). The number of carbonyl (C=O) groups is 1. The van der Waals surface area contributed by atoms with Crippen molar-refractivity contribution in [3.05, 3.63) is 54.2 Å². The number of primary amides is 1. The molecule has 4 heterocycles. The fraction of sp³-hybridized carbons (Fsp3) is 0.222. The van der Waals surface area contributed by atoms with E-state index >= 15 is 0 Å². The van der Waals surface area contributed by atoms with Gasteiger partial charge in [0.05, 0.1) is 12.0 Å². The molecule has 0 saturated carbocycles. The number of imidazole rings is 1. The van der Waals surface area contributed by atoms with Gasteiger partial charge in [0, 0.05) is 31.1 Å².